The van der Waals surface area contributed by atoms with Crippen molar-refractivity contribution in [1.82, 2.24) is 5.32 Å². The first-order chi connectivity index (χ1) is 10.2. The second kappa shape index (κ2) is 8.28. The number of benzene rings is 1. The van der Waals surface area contributed by atoms with Crippen LogP contribution in [0.3, 0.4) is 0 Å². The molecule has 0 aromatic heterocycles. The number of nitrogens with one attached hydrogen (secondary N) is 1. The molecular formula is C18H30N2O. The lowest BCUT2D eigenvalue weighted by Gasteiger charge is -2.31. The van der Waals surface area contributed by atoms with Gasteiger partial charge in [-0.1, -0.05) is 26.2 Å². The van der Waals surface area contributed by atoms with E-state index in [9.17, 15) is 5.11 Å². The fourth-order valence-corrected chi connectivity index (χ4v) is 3.37. The molecule has 118 valence electrons. The number of anilines is 1. The van der Waals surface area contributed by atoms with Crippen molar-refractivity contribution in [2.45, 2.75) is 51.5 Å². The zero-order valence-electron chi connectivity index (χ0n) is 13.5. The maximum absolute atomic E-state index is 9.41. The first kappa shape index (κ1) is 16.2. The normalized spacial score (nSPS) is 22.8. The predicted octanol–water partition coefficient (Wildman–Crippen LogP) is 3.78. The molecule has 2 atom stereocenters. The molecule has 1 aliphatic carbocycles. The van der Waals surface area contributed by atoms with Gasteiger partial charge in [0.1, 0.15) is 5.75 Å². The lowest BCUT2D eigenvalue weighted by molar-refractivity contribution is 0.338. The summed E-state index contributed by atoms with van der Waals surface area (Å²) in [6.45, 7) is 4.46. The highest BCUT2D eigenvalue weighted by Gasteiger charge is 2.24. The van der Waals surface area contributed by atoms with Crippen LogP contribution in [0.5, 0.6) is 5.75 Å². The van der Waals surface area contributed by atoms with Crippen molar-refractivity contribution in [3.63, 3.8) is 0 Å². The van der Waals surface area contributed by atoms with Gasteiger partial charge in [0.15, 0.2) is 0 Å². The summed E-state index contributed by atoms with van der Waals surface area (Å²) in [5, 5.41) is 13.2. The minimum atomic E-state index is 0.337. The molecule has 1 saturated carbocycles. The van der Waals surface area contributed by atoms with E-state index in [0.717, 1.165) is 19.0 Å². The van der Waals surface area contributed by atoms with Crippen LogP contribution in [-0.2, 0) is 0 Å². The van der Waals surface area contributed by atoms with E-state index < -0.39 is 0 Å². The lowest BCUT2D eigenvalue weighted by Crippen LogP contribution is -2.41. The smallest absolute Gasteiger partial charge is 0.115 e. The Balaban J connectivity index is 1.97. The van der Waals surface area contributed by atoms with Crippen LogP contribution in [0.2, 0.25) is 0 Å². The molecular weight excluding hydrogens is 260 g/mol. The highest BCUT2D eigenvalue weighted by atomic mass is 16.3. The van der Waals surface area contributed by atoms with E-state index in [1.54, 1.807) is 12.1 Å². The predicted molar refractivity (Wildman–Crippen MR) is 90.0 cm³/mol. The zero-order valence-corrected chi connectivity index (χ0v) is 13.5. The summed E-state index contributed by atoms with van der Waals surface area (Å²) in [7, 11) is 2.16. The standard InChI is InChI=1S/C18H30N2O/c1-3-13-19-18-8-6-4-5-7-15(18)14-20(2)16-9-11-17(21)12-10-16/h9-12,15,18-19,21H,3-8,13-14H2,1-2H3. The molecule has 1 fully saturated rings. The monoisotopic (exact) mass is 290 g/mol. The number of rotatable bonds is 6. The minimum Gasteiger partial charge on any atom is -0.508 e. The van der Waals surface area contributed by atoms with E-state index in [2.05, 4.69) is 24.2 Å². The van der Waals surface area contributed by atoms with Gasteiger partial charge in [0.05, 0.1) is 0 Å². The average molecular weight is 290 g/mol. The van der Waals surface area contributed by atoms with Gasteiger partial charge in [0.25, 0.3) is 0 Å². The Kier molecular flexibility index (Phi) is 6.37. The van der Waals surface area contributed by atoms with Gasteiger partial charge < -0.3 is 15.3 Å². The number of hydrogen-bond donors (Lipinski definition) is 2. The lowest BCUT2D eigenvalue weighted by atomic mass is 9.94. The van der Waals surface area contributed by atoms with Crippen molar-refractivity contribution in [2.24, 2.45) is 5.92 Å². The molecule has 0 saturated heterocycles. The summed E-state index contributed by atoms with van der Waals surface area (Å²) < 4.78 is 0. The van der Waals surface area contributed by atoms with E-state index in [-0.39, 0.29) is 0 Å². The first-order valence-corrected chi connectivity index (χ1v) is 8.44. The van der Waals surface area contributed by atoms with Crippen LogP contribution in [0.25, 0.3) is 0 Å². The Hall–Kier alpha value is -1.22. The Morgan fingerprint density at radius 1 is 1.14 bits per heavy atom. The molecule has 2 N–H and O–H groups in total. The molecule has 1 aromatic rings. The summed E-state index contributed by atoms with van der Waals surface area (Å²) in [4.78, 5) is 2.33. The molecule has 0 radical (unpaired) electrons. The number of aromatic hydroxyl groups is 1. The molecule has 1 aromatic carbocycles. The fraction of sp³-hybridized carbons (Fsp3) is 0.667. The van der Waals surface area contributed by atoms with E-state index in [1.807, 2.05) is 12.1 Å². The van der Waals surface area contributed by atoms with Crippen molar-refractivity contribution >= 4 is 5.69 Å². The Labute approximate surface area is 129 Å². The third-order valence-electron chi connectivity index (χ3n) is 4.61. The number of nitrogens with zero attached hydrogens (tertiary/aromatic N) is 1. The molecule has 0 spiro atoms. The van der Waals surface area contributed by atoms with Gasteiger partial charge >= 0.3 is 0 Å². The second-order valence-corrected chi connectivity index (χ2v) is 6.36. The number of phenols is 1. The maximum atomic E-state index is 9.41. The van der Waals surface area contributed by atoms with Gasteiger partial charge in [0.2, 0.25) is 0 Å². The topological polar surface area (TPSA) is 35.5 Å². The third kappa shape index (κ3) is 4.92. The van der Waals surface area contributed by atoms with Gasteiger partial charge in [0, 0.05) is 25.3 Å². The zero-order chi connectivity index (χ0) is 15.1. The summed E-state index contributed by atoms with van der Waals surface area (Å²) >= 11 is 0. The fourth-order valence-electron chi connectivity index (χ4n) is 3.37. The van der Waals surface area contributed by atoms with Gasteiger partial charge in [-0.25, -0.2) is 0 Å². The SMILES string of the molecule is CCCNC1CCCCCC1CN(C)c1ccc(O)cc1. The molecule has 2 unspecified atom stereocenters. The van der Waals surface area contributed by atoms with Crippen LogP contribution >= 0.6 is 0 Å². The van der Waals surface area contributed by atoms with Gasteiger partial charge in [-0.15, -0.1) is 0 Å². The Bertz CT molecular complexity index is 404. The highest BCUT2D eigenvalue weighted by Crippen LogP contribution is 2.26. The minimum absolute atomic E-state index is 0.337. The van der Waals surface area contributed by atoms with Crippen molar-refractivity contribution in [3.8, 4) is 5.75 Å². The molecule has 21 heavy (non-hydrogen) atoms. The van der Waals surface area contributed by atoms with Crippen LogP contribution in [0.4, 0.5) is 5.69 Å². The van der Waals surface area contributed by atoms with Crippen LogP contribution in [-0.4, -0.2) is 31.3 Å². The summed E-state index contributed by atoms with van der Waals surface area (Å²) in [6.07, 6.45) is 7.94. The molecule has 0 amide bonds. The molecule has 0 heterocycles. The van der Waals surface area contributed by atoms with Crippen LogP contribution < -0.4 is 10.2 Å². The van der Waals surface area contributed by atoms with Crippen LogP contribution in [0.1, 0.15) is 45.4 Å². The molecule has 1 aliphatic rings. The summed E-state index contributed by atoms with van der Waals surface area (Å²) in [5.41, 5.74) is 1.19. The molecule has 3 heteroatoms. The largest absolute Gasteiger partial charge is 0.508 e. The van der Waals surface area contributed by atoms with Gasteiger partial charge in [-0.05, 0) is 56.0 Å². The molecule has 3 nitrogen and oxygen atoms in total. The average Bonchev–Trinajstić information content (AvgIpc) is 2.71. The molecule has 0 aliphatic heterocycles. The van der Waals surface area contributed by atoms with Gasteiger partial charge in [-0.3, -0.25) is 0 Å². The van der Waals surface area contributed by atoms with E-state index in [4.69, 9.17) is 0 Å². The highest BCUT2D eigenvalue weighted by molar-refractivity contribution is 5.48. The van der Waals surface area contributed by atoms with Crippen molar-refractivity contribution < 1.29 is 5.11 Å². The van der Waals surface area contributed by atoms with Crippen LogP contribution in [0, 0.1) is 5.92 Å². The summed E-state index contributed by atoms with van der Waals surface area (Å²) in [6, 6.07) is 8.20. The molecule has 2 rings (SSSR count). The third-order valence-corrected chi connectivity index (χ3v) is 4.61. The van der Waals surface area contributed by atoms with E-state index in [1.165, 1.54) is 44.2 Å². The first-order valence-electron chi connectivity index (χ1n) is 8.44. The molecule has 0 bridgehead atoms. The quantitative estimate of drug-likeness (QED) is 0.783. The number of hydrogen-bond acceptors (Lipinski definition) is 3. The van der Waals surface area contributed by atoms with Crippen molar-refractivity contribution in [1.29, 1.82) is 0 Å². The Morgan fingerprint density at radius 3 is 2.57 bits per heavy atom. The summed E-state index contributed by atoms with van der Waals surface area (Å²) in [5.74, 6) is 1.06. The Morgan fingerprint density at radius 2 is 1.86 bits per heavy atom. The van der Waals surface area contributed by atoms with Crippen LogP contribution in [0.15, 0.2) is 24.3 Å². The van der Waals surface area contributed by atoms with Crippen molar-refractivity contribution in [3.05, 3.63) is 24.3 Å². The second-order valence-electron chi connectivity index (χ2n) is 6.36. The van der Waals surface area contributed by atoms with E-state index in [0.29, 0.717) is 11.8 Å². The van der Waals surface area contributed by atoms with E-state index >= 15 is 0 Å². The van der Waals surface area contributed by atoms with Crippen molar-refractivity contribution in [2.75, 3.05) is 25.0 Å². The number of phenolic OH excluding ortho intramolecular Hbond substituents is 1. The maximum Gasteiger partial charge on any atom is 0.115 e. The van der Waals surface area contributed by atoms with Gasteiger partial charge in [-0.2, -0.15) is 0 Å².